The van der Waals surface area contributed by atoms with Crippen molar-refractivity contribution in [1.82, 2.24) is 4.72 Å². The van der Waals surface area contributed by atoms with Gasteiger partial charge in [-0.05, 0) is 48.5 Å². The number of nitrogens with one attached hydrogen (secondary N) is 1. The molecule has 1 aliphatic heterocycles. The van der Waals surface area contributed by atoms with Crippen LogP contribution in [0.2, 0.25) is 0 Å². The topological polar surface area (TPSA) is 72.2 Å². The normalized spacial score (nSPS) is 19.1. The Morgan fingerprint density at radius 1 is 1.55 bits per heavy atom. The minimum atomic E-state index is -3.46. The molecule has 1 aromatic rings. The van der Waals surface area contributed by atoms with Gasteiger partial charge in [0.1, 0.15) is 4.99 Å². The van der Waals surface area contributed by atoms with Crippen molar-refractivity contribution in [2.75, 3.05) is 18.1 Å². The first-order valence-electron chi connectivity index (χ1n) is 6.38. The Labute approximate surface area is 129 Å². The lowest BCUT2D eigenvalue weighted by Crippen LogP contribution is -2.30. The number of hydrogen-bond donors (Lipinski definition) is 2. The third-order valence-corrected chi connectivity index (χ3v) is 6.39. The summed E-state index contributed by atoms with van der Waals surface area (Å²) in [5.41, 5.74) is 6.89. The van der Waals surface area contributed by atoms with E-state index >= 15 is 0 Å². The van der Waals surface area contributed by atoms with E-state index in [1.807, 2.05) is 11.8 Å². The molecular weight excluding hydrogens is 312 g/mol. The average molecular weight is 331 g/mol. The van der Waals surface area contributed by atoms with Crippen LogP contribution in [0, 0.1) is 12.8 Å². The molecule has 3 N–H and O–H groups in total. The van der Waals surface area contributed by atoms with Crippen molar-refractivity contribution in [3.63, 3.8) is 0 Å². The summed E-state index contributed by atoms with van der Waals surface area (Å²) < 4.78 is 27.3. The van der Waals surface area contributed by atoms with E-state index in [9.17, 15) is 8.42 Å². The molecule has 20 heavy (non-hydrogen) atoms. The highest BCUT2D eigenvalue weighted by Gasteiger charge is 2.21. The zero-order valence-corrected chi connectivity index (χ0v) is 13.7. The molecule has 0 saturated carbocycles. The summed E-state index contributed by atoms with van der Waals surface area (Å²) in [4.78, 5) is 0.566. The fourth-order valence-corrected chi connectivity index (χ4v) is 4.91. The molecule has 1 heterocycles. The van der Waals surface area contributed by atoms with Gasteiger partial charge in [-0.15, -0.1) is 0 Å². The van der Waals surface area contributed by atoms with Crippen LogP contribution in [0.5, 0.6) is 0 Å². The molecule has 4 nitrogen and oxygen atoms in total. The molecule has 0 spiro atoms. The van der Waals surface area contributed by atoms with E-state index in [0.29, 0.717) is 28.5 Å². The molecular formula is C13H18N2O2S3. The fourth-order valence-electron chi connectivity index (χ4n) is 2.15. The first-order valence-corrected chi connectivity index (χ1v) is 9.42. The van der Waals surface area contributed by atoms with Crippen molar-refractivity contribution in [2.24, 2.45) is 11.7 Å². The van der Waals surface area contributed by atoms with Gasteiger partial charge in [-0.2, -0.15) is 11.8 Å². The Kier molecular flexibility index (Phi) is 5.06. The Bertz CT molecular complexity index is 608. The van der Waals surface area contributed by atoms with Crippen molar-refractivity contribution >= 4 is 39.0 Å². The third kappa shape index (κ3) is 3.72. The largest absolute Gasteiger partial charge is 0.389 e. The molecule has 1 fully saturated rings. The second-order valence-electron chi connectivity index (χ2n) is 4.93. The number of hydrogen-bond acceptors (Lipinski definition) is 4. The molecule has 110 valence electrons. The van der Waals surface area contributed by atoms with E-state index in [1.165, 1.54) is 0 Å². The van der Waals surface area contributed by atoms with Gasteiger partial charge in [0, 0.05) is 12.1 Å². The highest BCUT2D eigenvalue weighted by molar-refractivity contribution is 7.99. The minimum absolute atomic E-state index is 0.271. The number of rotatable bonds is 5. The molecule has 0 radical (unpaired) electrons. The summed E-state index contributed by atoms with van der Waals surface area (Å²) in [6.45, 7) is 2.26. The number of nitrogens with two attached hydrogens (primary N) is 1. The van der Waals surface area contributed by atoms with E-state index < -0.39 is 10.0 Å². The minimum Gasteiger partial charge on any atom is -0.389 e. The monoisotopic (exact) mass is 330 g/mol. The molecule has 1 aromatic carbocycles. The Morgan fingerprint density at radius 2 is 2.30 bits per heavy atom. The summed E-state index contributed by atoms with van der Waals surface area (Å²) >= 11 is 6.77. The molecule has 1 saturated heterocycles. The van der Waals surface area contributed by atoms with E-state index in [4.69, 9.17) is 18.0 Å². The van der Waals surface area contributed by atoms with Crippen LogP contribution in [0.4, 0.5) is 0 Å². The van der Waals surface area contributed by atoms with Crippen LogP contribution in [0.3, 0.4) is 0 Å². The molecule has 7 heteroatoms. The Hall–Kier alpha value is -0.630. The Morgan fingerprint density at radius 3 is 2.85 bits per heavy atom. The third-order valence-electron chi connectivity index (χ3n) is 3.33. The maximum absolute atomic E-state index is 12.3. The highest BCUT2D eigenvalue weighted by atomic mass is 32.2. The predicted molar refractivity (Wildman–Crippen MR) is 87.7 cm³/mol. The van der Waals surface area contributed by atoms with Gasteiger partial charge < -0.3 is 5.73 Å². The lowest BCUT2D eigenvalue weighted by molar-refractivity contribution is 0.545. The number of benzene rings is 1. The van der Waals surface area contributed by atoms with Crippen LogP contribution in [-0.4, -0.2) is 31.5 Å². The van der Waals surface area contributed by atoms with Crippen LogP contribution < -0.4 is 10.5 Å². The first kappa shape index (κ1) is 15.8. The van der Waals surface area contributed by atoms with Crippen LogP contribution >= 0.6 is 24.0 Å². The quantitative estimate of drug-likeness (QED) is 0.804. The van der Waals surface area contributed by atoms with Gasteiger partial charge in [0.2, 0.25) is 10.0 Å². The molecule has 0 aromatic heterocycles. The zero-order valence-electron chi connectivity index (χ0n) is 11.3. The van der Waals surface area contributed by atoms with Gasteiger partial charge in [0.05, 0.1) is 4.90 Å². The molecule has 2 rings (SSSR count). The summed E-state index contributed by atoms with van der Waals surface area (Å²) in [6.07, 6.45) is 1.08. The number of thiocarbonyl (C=S) groups is 1. The van der Waals surface area contributed by atoms with Gasteiger partial charge in [0.25, 0.3) is 0 Å². The molecule has 0 aliphatic carbocycles. The van der Waals surface area contributed by atoms with Crippen LogP contribution in [0.1, 0.15) is 17.5 Å². The van der Waals surface area contributed by atoms with E-state index in [1.54, 1.807) is 25.1 Å². The average Bonchev–Trinajstić information content (AvgIpc) is 2.89. The van der Waals surface area contributed by atoms with E-state index in [2.05, 4.69) is 4.72 Å². The van der Waals surface area contributed by atoms with Crippen molar-refractivity contribution < 1.29 is 8.42 Å². The fraction of sp³-hybridized carbons (Fsp3) is 0.462. The molecule has 0 amide bonds. The Balaban J connectivity index is 2.14. The zero-order chi connectivity index (χ0) is 14.8. The van der Waals surface area contributed by atoms with Crippen LogP contribution in [-0.2, 0) is 10.0 Å². The number of thioether (sulfide) groups is 1. The lowest BCUT2D eigenvalue weighted by Gasteiger charge is -2.13. The number of sulfonamides is 1. The SMILES string of the molecule is Cc1cc(C(N)=S)ccc1S(=O)(=O)NCC1CCSC1. The highest BCUT2D eigenvalue weighted by Crippen LogP contribution is 2.23. The van der Waals surface area contributed by atoms with Gasteiger partial charge in [-0.25, -0.2) is 13.1 Å². The molecule has 1 unspecified atom stereocenters. The van der Waals surface area contributed by atoms with Crippen LogP contribution in [0.25, 0.3) is 0 Å². The van der Waals surface area contributed by atoms with Gasteiger partial charge in [-0.1, -0.05) is 18.3 Å². The molecule has 1 aliphatic rings. The second kappa shape index (κ2) is 6.43. The van der Waals surface area contributed by atoms with Crippen molar-refractivity contribution in [3.05, 3.63) is 29.3 Å². The van der Waals surface area contributed by atoms with Gasteiger partial charge in [0.15, 0.2) is 0 Å². The van der Waals surface area contributed by atoms with E-state index in [0.717, 1.165) is 17.9 Å². The summed E-state index contributed by atoms with van der Waals surface area (Å²) in [7, 11) is -3.46. The molecule has 1 atom stereocenters. The smallest absolute Gasteiger partial charge is 0.240 e. The maximum atomic E-state index is 12.3. The van der Waals surface area contributed by atoms with Crippen LogP contribution in [0.15, 0.2) is 23.1 Å². The van der Waals surface area contributed by atoms with E-state index in [-0.39, 0.29) is 4.99 Å². The number of aryl methyl sites for hydroxylation is 1. The maximum Gasteiger partial charge on any atom is 0.240 e. The summed E-state index contributed by atoms with van der Waals surface area (Å²) in [5.74, 6) is 2.58. The van der Waals surface area contributed by atoms with Crippen molar-refractivity contribution in [1.29, 1.82) is 0 Å². The first-order chi connectivity index (χ1) is 9.40. The summed E-state index contributed by atoms with van der Waals surface area (Å²) in [5, 5.41) is 0. The predicted octanol–water partition coefficient (Wildman–Crippen LogP) is 1.66. The van der Waals surface area contributed by atoms with Crippen molar-refractivity contribution in [3.8, 4) is 0 Å². The van der Waals surface area contributed by atoms with Gasteiger partial charge >= 0.3 is 0 Å². The lowest BCUT2D eigenvalue weighted by atomic mass is 10.1. The van der Waals surface area contributed by atoms with Gasteiger partial charge in [-0.3, -0.25) is 0 Å². The van der Waals surface area contributed by atoms with Crippen molar-refractivity contribution in [2.45, 2.75) is 18.2 Å². The second-order valence-corrected chi connectivity index (χ2v) is 8.25. The summed E-state index contributed by atoms with van der Waals surface area (Å²) in [6, 6.07) is 4.92. The standard InChI is InChI=1S/C13H18N2O2S3/c1-9-6-11(13(14)18)2-3-12(9)20(16,17)15-7-10-4-5-19-8-10/h2-3,6,10,15H,4-5,7-8H2,1H3,(H2,14,18). The molecule has 0 bridgehead atoms.